The minimum absolute atomic E-state index is 0.00659. The largest absolute Gasteiger partial charge is 0.456 e. The summed E-state index contributed by atoms with van der Waals surface area (Å²) >= 11 is 0. The summed E-state index contributed by atoms with van der Waals surface area (Å²) in [6.07, 6.45) is 4.47. The Morgan fingerprint density at radius 2 is 1.91 bits per heavy atom. The number of hydrogen-bond acceptors (Lipinski definition) is 4. The molecule has 0 radical (unpaired) electrons. The first-order valence-corrected chi connectivity index (χ1v) is 7.75. The lowest BCUT2D eigenvalue weighted by Gasteiger charge is -2.37. The van der Waals surface area contributed by atoms with Gasteiger partial charge in [0.2, 0.25) is 5.91 Å². The van der Waals surface area contributed by atoms with Crippen molar-refractivity contribution < 1.29 is 14.0 Å². The third-order valence-corrected chi connectivity index (χ3v) is 4.41. The lowest BCUT2D eigenvalue weighted by atomic mass is 10.1. The van der Waals surface area contributed by atoms with Crippen LogP contribution in [0.5, 0.6) is 0 Å². The lowest BCUT2D eigenvalue weighted by Crippen LogP contribution is -2.54. The second kappa shape index (κ2) is 5.94. The van der Waals surface area contributed by atoms with E-state index in [9.17, 15) is 14.4 Å². The van der Waals surface area contributed by atoms with Gasteiger partial charge in [-0.25, -0.2) is 0 Å². The van der Waals surface area contributed by atoms with Gasteiger partial charge < -0.3 is 14.2 Å². The van der Waals surface area contributed by atoms with E-state index >= 15 is 0 Å². The van der Waals surface area contributed by atoms with Crippen LogP contribution < -0.4 is 5.43 Å². The van der Waals surface area contributed by atoms with Crippen molar-refractivity contribution in [1.29, 1.82) is 0 Å². The van der Waals surface area contributed by atoms with Crippen molar-refractivity contribution in [3.63, 3.8) is 0 Å². The first-order chi connectivity index (χ1) is 10.5. The molecule has 22 heavy (non-hydrogen) atoms. The Balaban J connectivity index is 1.70. The molecule has 2 amide bonds. The van der Waals surface area contributed by atoms with Gasteiger partial charge in [0.15, 0.2) is 11.2 Å². The molecule has 6 nitrogen and oxygen atoms in total. The summed E-state index contributed by atoms with van der Waals surface area (Å²) in [5.74, 6) is 0.000562. The van der Waals surface area contributed by atoms with E-state index in [1.165, 1.54) is 29.9 Å². The molecule has 2 heterocycles. The van der Waals surface area contributed by atoms with E-state index in [2.05, 4.69) is 0 Å². The first kappa shape index (κ1) is 14.8. The fraction of sp³-hybridized carbons (Fsp3) is 0.562. The van der Waals surface area contributed by atoms with Crippen molar-refractivity contribution in [2.24, 2.45) is 0 Å². The van der Waals surface area contributed by atoms with Crippen LogP contribution in [-0.2, 0) is 4.79 Å². The maximum atomic E-state index is 12.4. The molecule has 2 fully saturated rings. The Hall–Kier alpha value is -2.11. The normalized spacial score (nSPS) is 19.8. The quantitative estimate of drug-likeness (QED) is 0.822. The van der Waals surface area contributed by atoms with Gasteiger partial charge in [0, 0.05) is 31.3 Å². The van der Waals surface area contributed by atoms with Gasteiger partial charge in [-0.1, -0.05) is 12.8 Å². The molecule has 3 rings (SSSR count). The van der Waals surface area contributed by atoms with E-state index in [-0.39, 0.29) is 29.5 Å². The highest BCUT2D eigenvalue weighted by Crippen LogP contribution is 2.25. The van der Waals surface area contributed by atoms with Gasteiger partial charge in [-0.05, 0) is 19.8 Å². The summed E-state index contributed by atoms with van der Waals surface area (Å²) in [6.45, 7) is 2.73. The third-order valence-electron chi connectivity index (χ3n) is 4.41. The van der Waals surface area contributed by atoms with Crippen molar-refractivity contribution in [2.75, 3.05) is 19.6 Å². The summed E-state index contributed by atoms with van der Waals surface area (Å²) in [4.78, 5) is 39.6. The Bertz CT molecular complexity index is 646. The Labute approximate surface area is 128 Å². The number of amides is 2. The summed E-state index contributed by atoms with van der Waals surface area (Å²) in [5.41, 5.74) is -0.261. The average molecular weight is 304 g/mol. The third kappa shape index (κ3) is 2.91. The van der Waals surface area contributed by atoms with Gasteiger partial charge >= 0.3 is 0 Å². The molecular formula is C16H20N2O4. The van der Waals surface area contributed by atoms with E-state index in [4.69, 9.17) is 4.42 Å². The maximum absolute atomic E-state index is 12.4. The van der Waals surface area contributed by atoms with Gasteiger partial charge in [0.05, 0.1) is 0 Å². The molecule has 1 aliphatic heterocycles. The molecule has 0 N–H and O–H groups in total. The van der Waals surface area contributed by atoms with Crippen molar-refractivity contribution in [1.82, 2.24) is 9.80 Å². The van der Waals surface area contributed by atoms with E-state index in [1.807, 2.05) is 4.90 Å². The molecule has 0 aromatic carbocycles. The zero-order valence-electron chi connectivity index (χ0n) is 12.7. The van der Waals surface area contributed by atoms with Crippen LogP contribution in [0.1, 0.15) is 42.0 Å². The number of piperazine rings is 1. The Morgan fingerprint density at radius 3 is 2.55 bits per heavy atom. The fourth-order valence-corrected chi connectivity index (χ4v) is 3.33. The molecule has 1 aliphatic carbocycles. The van der Waals surface area contributed by atoms with Crippen LogP contribution in [0.15, 0.2) is 21.3 Å². The van der Waals surface area contributed by atoms with Crippen LogP contribution in [0.4, 0.5) is 0 Å². The van der Waals surface area contributed by atoms with Crippen LogP contribution in [0.25, 0.3) is 0 Å². The van der Waals surface area contributed by atoms with Crippen molar-refractivity contribution in [3.8, 4) is 0 Å². The van der Waals surface area contributed by atoms with Crippen molar-refractivity contribution in [2.45, 2.75) is 38.6 Å². The van der Waals surface area contributed by atoms with Crippen LogP contribution >= 0.6 is 0 Å². The monoisotopic (exact) mass is 304 g/mol. The van der Waals surface area contributed by atoms with Crippen LogP contribution in [0.3, 0.4) is 0 Å². The molecule has 0 spiro atoms. The van der Waals surface area contributed by atoms with Crippen LogP contribution in [0, 0.1) is 6.92 Å². The van der Waals surface area contributed by atoms with E-state index in [1.54, 1.807) is 6.92 Å². The number of hydrogen-bond donors (Lipinski definition) is 0. The van der Waals surface area contributed by atoms with Gasteiger partial charge in [0.1, 0.15) is 12.3 Å². The minimum Gasteiger partial charge on any atom is -0.456 e. The average Bonchev–Trinajstić information content (AvgIpc) is 2.99. The molecule has 2 aliphatic rings. The number of carbonyl (C=O) groups excluding carboxylic acids is 2. The highest BCUT2D eigenvalue weighted by atomic mass is 16.3. The van der Waals surface area contributed by atoms with Crippen molar-refractivity contribution >= 4 is 11.8 Å². The second-order valence-electron chi connectivity index (χ2n) is 6.02. The summed E-state index contributed by atoms with van der Waals surface area (Å²) in [6, 6.07) is 2.85. The molecule has 1 saturated carbocycles. The minimum atomic E-state index is -0.389. The molecule has 1 saturated heterocycles. The number of aryl methyl sites for hydroxylation is 1. The molecule has 0 atom stereocenters. The molecule has 1 aromatic heterocycles. The Morgan fingerprint density at radius 1 is 1.18 bits per heavy atom. The van der Waals surface area contributed by atoms with Gasteiger partial charge in [0.25, 0.3) is 5.91 Å². The maximum Gasteiger partial charge on any atom is 0.290 e. The molecule has 6 heteroatoms. The highest BCUT2D eigenvalue weighted by Gasteiger charge is 2.33. The van der Waals surface area contributed by atoms with Gasteiger partial charge in [-0.2, -0.15) is 0 Å². The molecule has 0 unspecified atom stereocenters. The fourth-order valence-electron chi connectivity index (χ4n) is 3.33. The predicted molar refractivity (Wildman–Crippen MR) is 79.6 cm³/mol. The van der Waals surface area contributed by atoms with Crippen LogP contribution in [-0.4, -0.2) is 47.3 Å². The first-order valence-electron chi connectivity index (χ1n) is 7.75. The SMILES string of the molecule is Cc1cc(=O)cc(C(=O)N2CCN(C3CCCC3)C(=O)C2)o1. The number of carbonyl (C=O) groups is 2. The smallest absolute Gasteiger partial charge is 0.290 e. The molecular weight excluding hydrogens is 284 g/mol. The topological polar surface area (TPSA) is 70.8 Å². The van der Waals surface area contributed by atoms with E-state index < -0.39 is 0 Å². The lowest BCUT2D eigenvalue weighted by molar-refractivity contribution is -0.137. The molecule has 1 aromatic rings. The standard InChI is InChI=1S/C16H20N2O4/c1-11-8-13(19)9-14(22-11)16(21)17-6-7-18(15(20)10-17)12-4-2-3-5-12/h8-9,12H,2-7,10H2,1H3. The Kier molecular flexibility index (Phi) is 4.00. The highest BCUT2D eigenvalue weighted by molar-refractivity contribution is 5.94. The summed E-state index contributed by atoms with van der Waals surface area (Å²) < 4.78 is 5.32. The van der Waals surface area contributed by atoms with Gasteiger partial charge in [-0.3, -0.25) is 14.4 Å². The number of nitrogens with zero attached hydrogens (tertiary/aromatic N) is 2. The van der Waals surface area contributed by atoms with Crippen molar-refractivity contribution in [3.05, 3.63) is 33.9 Å². The predicted octanol–water partition coefficient (Wildman–Crippen LogP) is 1.18. The van der Waals surface area contributed by atoms with Gasteiger partial charge in [-0.15, -0.1) is 0 Å². The molecule has 118 valence electrons. The van der Waals surface area contributed by atoms with E-state index in [0.29, 0.717) is 24.9 Å². The zero-order valence-corrected chi connectivity index (χ0v) is 12.7. The summed E-state index contributed by atoms with van der Waals surface area (Å²) in [5, 5.41) is 0. The number of rotatable bonds is 2. The summed E-state index contributed by atoms with van der Waals surface area (Å²) in [7, 11) is 0. The second-order valence-corrected chi connectivity index (χ2v) is 6.02. The zero-order chi connectivity index (χ0) is 15.7. The van der Waals surface area contributed by atoms with E-state index in [0.717, 1.165) is 12.8 Å². The van der Waals surface area contributed by atoms with Crippen LogP contribution in [0.2, 0.25) is 0 Å². The molecule has 0 bridgehead atoms.